The first kappa shape index (κ1) is 11.2. The minimum absolute atomic E-state index is 0.116. The van der Waals surface area contributed by atoms with Crippen molar-refractivity contribution in [1.29, 1.82) is 5.26 Å². The first-order chi connectivity index (χ1) is 7.39. The van der Waals surface area contributed by atoms with Crippen molar-refractivity contribution in [3.05, 3.63) is 0 Å². The van der Waals surface area contributed by atoms with Crippen molar-refractivity contribution in [1.82, 2.24) is 10.2 Å². The molecule has 1 amide bonds. The molecule has 2 fully saturated rings. The van der Waals surface area contributed by atoms with Crippen molar-refractivity contribution < 1.29 is 9.53 Å². The summed E-state index contributed by atoms with van der Waals surface area (Å²) >= 11 is 0. The second kappa shape index (κ2) is 3.36. The van der Waals surface area contributed by atoms with E-state index < -0.39 is 11.1 Å². The lowest BCUT2D eigenvalue weighted by Gasteiger charge is -2.49. The van der Waals surface area contributed by atoms with Gasteiger partial charge in [-0.25, -0.2) is 4.79 Å². The molecule has 0 aromatic rings. The first-order valence-electron chi connectivity index (χ1n) is 5.54. The Balaban J connectivity index is 2.08. The van der Waals surface area contributed by atoms with Gasteiger partial charge >= 0.3 is 6.09 Å². The van der Waals surface area contributed by atoms with Gasteiger partial charge in [-0.15, -0.1) is 0 Å². The smallest absolute Gasteiger partial charge is 0.411 e. The molecule has 5 heteroatoms. The molecule has 0 aromatic heterocycles. The number of ether oxygens (including phenoxy) is 1. The predicted molar refractivity (Wildman–Crippen MR) is 57.7 cm³/mol. The summed E-state index contributed by atoms with van der Waals surface area (Å²) in [5, 5.41) is 12.4. The van der Waals surface area contributed by atoms with Crippen LogP contribution in [0.5, 0.6) is 0 Å². The molecular formula is C11H17N3O2. The van der Waals surface area contributed by atoms with Crippen molar-refractivity contribution in [2.45, 2.75) is 44.4 Å². The van der Waals surface area contributed by atoms with Gasteiger partial charge in [0.05, 0.1) is 12.1 Å². The average Bonchev–Trinajstić information content (AvgIpc) is 2.41. The molecule has 2 aliphatic heterocycles. The molecule has 2 heterocycles. The predicted octanol–water partition coefficient (Wildman–Crippen LogP) is 0.861. The molecule has 16 heavy (non-hydrogen) atoms. The van der Waals surface area contributed by atoms with Crippen molar-refractivity contribution >= 4 is 6.09 Å². The fourth-order valence-corrected chi connectivity index (χ4v) is 2.30. The van der Waals surface area contributed by atoms with E-state index in [9.17, 15) is 10.1 Å². The maximum Gasteiger partial charge on any atom is 0.411 e. The molecule has 0 radical (unpaired) electrons. The fourth-order valence-electron chi connectivity index (χ4n) is 2.30. The second-order valence-corrected chi connectivity index (χ2v) is 5.38. The number of amides is 1. The highest BCUT2D eigenvalue weighted by Crippen LogP contribution is 2.38. The minimum atomic E-state index is -0.664. The van der Waals surface area contributed by atoms with Gasteiger partial charge in [0.15, 0.2) is 5.54 Å². The molecule has 2 aliphatic rings. The highest BCUT2D eigenvalue weighted by atomic mass is 16.6. The van der Waals surface area contributed by atoms with Crippen LogP contribution in [0.2, 0.25) is 0 Å². The van der Waals surface area contributed by atoms with Crippen LogP contribution in [0.4, 0.5) is 4.79 Å². The van der Waals surface area contributed by atoms with E-state index in [-0.39, 0.29) is 12.1 Å². The van der Waals surface area contributed by atoms with Gasteiger partial charge in [0, 0.05) is 6.54 Å². The van der Waals surface area contributed by atoms with Gasteiger partial charge in [0.2, 0.25) is 0 Å². The number of fused-ring (bicyclic) bond motifs is 1. The summed E-state index contributed by atoms with van der Waals surface area (Å²) < 4.78 is 5.28. The highest BCUT2D eigenvalue weighted by Gasteiger charge is 2.60. The van der Waals surface area contributed by atoms with Gasteiger partial charge in [0.25, 0.3) is 0 Å². The molecule has 0 aliphatic carbocycles. The molecule has 88 valence electrons. The van der Waals surface area contributed by atoms with Crippen molar-refractivity contribution in [3.8, 4) is 6.07 Å². The first-order valence-corrected chi connectivity index (χ1v) is 5.54. The quantitative estimate of drug-likeness (QED) is 0.661. The molecule has 0 unspecified atom stereocenters. The number of hydrogen-bond acceptors (Lipinski definition) is 4. The van der Waals surface area contributed by atoms with E-state index in [2.05, 4.69) is 11.4 Å². The fraction of sp³-hybridized carbons (Fsp3) is 0.818. The van der Waals surface area contributed by atoms with Gasteiger partial charge < -0.3 is 10.1 Å². The van der Waals surface area contributed by atoms with Crippen LogP contribution in [-0.2, 0) is 4.74 Å². The zero-order valence-corrected chi connectivity index (χ0v) is 9.91. The maximum absolute atomic E-state index is 11.9. The maximum atomic E-state index is 11.9. The summed E-state index contributed by atoms with van der Waals surface area (Å²) in [7, 11) is 0. The van der Waals surface area contributed by atoms with Crippen molar-refractivity contribution in [2.24, 2.45) is 0 Å². The number of hydrogen-bond donors (Lipinski definition) is 1. The van der Waals surface area contributed by atoms with Crippen LogP contribution < -0.4 is 5.32 Å². The van der Waals surface area contributed by atoms with Crippen LogP contribution in [0.15, 0.2) is 0 Å². The molecule has 0 bridgehead atoms. The molecule has 5 nitrogen and oxygen atoms in total. The zero-order chi connectivity index (χ0) is 12.0. The lowest BCUT2D eigenvalue weighted by atomic mass is 9.82. The van der Waals surface area contributed by atoms with Gasteiger partial charge in [-0.3, -0.25) is 4.90 Å². The van der Waals surface area contributed by atoms with E-state index in [0.29, 0.717) is 13.0 Å². The monoisotopic (exact) mass is 223 g/mol. The number of carbonyl (C=O) groups is 1. The van der Waals surface area contributed by atoms with Crippen LogP contribution in [0.1, 0.15) is 27.2 Å². The van der Waals surface area contributed by atoms with Gasteiger partial charge in [-0.05, 0) is 33.7 Å². The Hall–Kier alpha value is -1.28. The van der Waals surface area contributed by atoms with Crippen LogP contribution in [0.25, 0.3) is 0 Å². The largest absolute Gasteiger partial charge is 0.444 e. The molecule has 0 spiro atoms. The van der Waals surface area contributed by atoms with Crippen molar-refractivity contribution in [3.63, 3.8) is 0 Å². The Morgan fingerprint density at radius 2 is 2.31 bits per heavy atom. The Kier molecular flexibility index (Phi) is 2.35. The van der Waals surface area contributed by atoms with E-state index in [0.717, 1.165) is 6.54 Å². The zero-order valence-electron chi connectivity index (χ0n) is 9.91. The van der Waals surface area contributed by atoms with Crippen molar-refractivity contribution in [2.75, 3.05) is 13.1 Å². The molecule has 0 saturated carbocycles. The topological polar surface area (TPSA) is 65.4 Å². The third-order valence-electron chi connectivity index (χ3n) is 3.13. The summed E-state index contributed by atoms with van der Waals surface area (Å²) in [6.45, 7) is 6.84. The van der Waals surface area contributed by atoms with Gasteiger partial charge in [-0.1, -0.05) is 0 Å². The van der Waals surface area contributed by atoms with Crippen LogP contribution in [0.3, 0.4) is 0 Å². The Morgan fingerprint density at radius 3 is 2.81 bits per heavy atom. The molecule has 2 atom stereocenters. The lowest BCUT2D eigenvalue weighted by molar-refractivity contribution is -0.0299. The third kappa shape index (κ3) is 1.54. The molecule has 2 rings (SSSR count). The van der Waals surface area contributed by atoms with Crippen LogP contribution >= 0.6 is 0 Å². The number of nitrogens with one attached hydrogen (secondary N) is 1. The second-order valence-electron chi connectivity index (χ2n) is 5.38. The third-order valence-corrected chi connectivity index (χ3v) is 3.13. The number of likely N-dealkylation sites (tertiary alicyclic amines) is 1. The molecule has 2 saturated heterocycles. The molecular weight excluding hydrogens is 206 g/mol. The minimum Gasteiger partial charge on any atom is -0.444 e. The SMILES string of the molecule is CC(C)(C)OC(=O)N1C[C@H]2NCC[C@]21C#N. The van der Waals surface area contributed by atoms with Crippen LogP contribution in [-0.4, -0.2) is 41.3 Å². The number of rotatable bonds is 0. The van der Waals surface area contributed by atoms with E-state index in [1.165, 1.54) is 0 Å². The normalized spacial score (nSPS) is 32.6. The summed E-state index contributed by atoms with van der Waals surface area (Å²) in [6.07, 6.45) is 0.307. The summed E-state index contributed by atoms with van der Waals surface area (Å²) in [6, 6.07) is 2.37. The van der Waals surface area contributed by atoms with Gasteiger partial charge in [-0.2, -0.15) is 5.26 Å². The summed E-state index contributed by atoms with van der Waals surface area (Å²) in [5.41, 5.74) is -1.17. The Labute approximate surface area is 95.4 Å². The van der Waals surface area contributed by atoms with E-state index in [1.54, 1.807) is 4.90 Å². The van der Waals surface area contributed by atoms with E-state index in [1.807, 2.05) is 20.8 Å². The number of carbonyl (C=O) groups excluding carboxylic acids is 1. The summed E-state index contributed by atoms with van der Waals surface area (Å²) in [5.74, 6) is 0. The molecule has 1 N–H and O–H groups in total. The van der Waals surface area contributed by atoms with Gasteiger partial charge in [0.1, 0.15) is 5.60 Å². The molecule has 0 aromatic carbocycles. The average molecular weight is 223 g/mol. The van der Waals surface area contributed by atoms with E-state index in [4.69, 9.17) is 4.74 Å². The summed E-state index contributed by atoms with van der Waals surface area (Å²) in [4.78, 5) is 13.4. The Bertz CT molecular complexity index is 355. The standard InChI is InChI=1S/C11H17N3O2/c1-10(2,3)16-9(15)14-6-8-11(14,7-12)4-5-13-8/h8,13H,4-6H2,1-3H3/t8-,11+/m1/s1. The Morgan fingerprint density at radius 1 is 1.62 bits per heavy atom. The lowest BCUT2D eigenvalue weighted by Crippen LogP contribution is -2.72. The number of nitriles is 1. The highest BCUT2D eigenvalue weighted by molar-refractivity contribution is 5.72. The number of nitrogens with zero attached hydrogens (tertiary/aromatic N) is 2. The van der Waals surface area contributed by atoms with Crippen LogP contribution in [0, 0.1) is 11.3 Å². The van der Waals surface area contributed by atoms with E-state index >= 15 is 0 Å².